The maximum Gasteiger partial charge on any atom is 0.233 e. The zero-order chi connectivity index (χ0) is 5.54. The molecule has 0 aliphatic heterocycles. The van der Waals surface area contributed by atoms with Gasteiger partial charge in [0.1, 0.15) is 0 Å². The van der Waals surface area contributed by atoms with Crippen molar-refractivity contribution >= 4 is 6.29 Å². The van der Waals surface area contributed by atoms with Crippen LogP contribution in [0.2, 0.25) is 0 Å². The molecule has 0 N–H and O–H groups in total. The van der Waals surface area contributed by atoms with Gasteiger partial charge >= 0.3 is 0 Å². The molecule has 0 bridgehead atoms. The van der Waals surface area contributed by atoms with E-state index in [4.69, 9.17) is 0 Å². The average molecular weight is 100 g/mol. The second-order valence-electron chi connectivity index (χ2n) is 1.11. The van der Waals surface area contributed by atoms with Crippen LogP contribution in [-0.2, 0) is 9.53 Å². The second kappa shape index (κ2) is 5.63. The summed E-state index contributed by atoms with van der Waals surface area (Å²) in [6.45, 7) is 3.61. The van der Waals surface area contributed by atoms with E-state index in [0.29, 0.717) is 6.61 Å². The number of hydrogen-bond donors (Lipinski definition) is 0. The van der Waals surface area contributed by atoms with Crippen molar-refractivity contribution in [1.29, 1.82) is 0 Å². The van der Waals surface area contributed by atoms with E-state index in [1.54, 1.807) is 0 Å². The van der Waals surface area contributed by atoms with E-state index in [-0.39, 0.29) is 0 Å². The monoisotopic (exact) mass is 100 g/mol. The normalized spacial score (nSPS) is 8.71. The molecule has 7 heavy (non-hydrogen) atoms. The summed E-state index contributed by atoms with van der Waals surface area (Å²) < 4.78 is 4.58. The number of rotatable bonds is 4. The van der Waals surface area contributed by atoms with E-state index in [2.05, 4.69) is 4.74 Å². The molecule has 0 saturated carbocycles. The summed E-state index contributed by atoms with van der Waals surface area (Å²) >= 11 is 0. The van der Waals surface area contributed by atoms with Crippen LogP contribution in [-0.4, -0.2) is 12.9 Å². The first kappa shape index (κ1) is 6.63. The Balaban J connectivity index is 2.56. The first-order valence-corrected chi connectivity index (χ1v) is 2.22. The highest BCUT2D eigenvalue weighted by molar-refractivity contribution is 5.59. The van der Waals surface area contributed by atoms with Gasteiger partial charge in [0, 0.05) is 6.61 Å². The Morgan fingerprint density at radius 3 is 3.00 bits per heavy atom. The van der Waals surface area contributed by atoms with Gasteiger partial charge in [-0.25, -0.2) is 0 Å². The van der Waals surface area contributed by atoms with E-state index in [0.717, 1.165) is 13.0 Å². The minimum atomic E-state index is 0.606. The van der Waals surface area contributed by atoms with Crippen molar-refractivity contribution in [1.82, 2.24) is 0 Å². The van der Waals surface area contributed by atoms with E-state index in [9.17, 15) is 4.79 Å². The molecule has 40 valence electrons. The molecule has 0 atom stereocenters. The number of carbonyl (C=O) groups excluding carboxylic acids is 1. The van der Waals surface area contributed by atoms with Crippen LogP contribution in [0.15, 0.2) is 0 Å². The standard InChI is InChI=1S/C5H8O2/c1-2-4-7-5-3-6/h5H,2,4H2,1H3. The summed E-state index contributed by atoms with van der Waals surface area (Å²) in [6, 6.07) is 0. The molecule has 2 nitrogen and oxygen atoms in total. The van der Waals surface area contributed by atoms with Gasteiger partial charge in [-0.3, -0.25) is 4.79 Å². The van der Waals surface area contributed by atoms with Crippen molar-refractivity contribution in [2.24, 2.45) is 0 Å². The van der Waals surface area contributed by atoms with Crippen molar-refractivity contribution in [3.63, 3.8) is 0 Å². The van der Waals surface area contributed by atoms with Crippen molar-refractivity contribution in [3.8, 4) is 0 Å². The lowest BCUT2D eigenvalue weighted by molar-refractivity contribution is 0.220. The van der Waals surface area contributed by atoms with Crippen LogP contribution in [0, 0.1) is 6.61 Å². The maximum absolute atomic E-state index is 9.37. The van der Waals surface area contributed by atoms with Crippen molar-refractivity contribution < 1.29 is 9.53 Å². The molecule has 0 fully saturated rings. The molecular formula is C5H8O2. The first-order valence-electron chi connectivity index (χ1n) is 2.22. The lowest BCUT2D eigenvalue weighted by Gasteiger charge is -1.89. The first-order chi connectivity index (χ1) is 3.41. The highest BCUT2D eigenvalue weighted by Crippen LogP contribution is 1.79. The molecule has 0 aromatic carbocycles. The van der Waals surface area contributed by atoms with E-state index >= 15 is 0 Å². The Hall–Kier alpha value is -0.370. The third-order valence-electron chi connectivity index (χ3n) is 0.453. The van der Waals surface area contributed by atoms with Crippen LogP contribution >= 0.6 is 0 Å². The molecule has 0 unspecified atom stereocenters. The molecule has 0 aromatic rings. The van der Waals surface area contributed by atoms with Gasteiger partial charge in [-0.1, -0.05) is 6.92 Å². The van der Waals surface area contributed by atoms with Crippen LogP contribution in [0.25, 0.3) is 0 Å². The zero-order valence-corrected chi connectivity index (χ0v) is 4.31. The maximum atomic E-state index is 9.37. The Labute approximate surface area is 43.5 Å². The Bertz CT molecular complexity index is 43.3. The molecule has 0 aliphatic carbocycles. The Morgan fingerprint density at radius 1 is 1.86 bits per heavy atom. The number of hydrogen-bond acceptors (Lipinski definition) is 2. The van der Waals surface area contributed by atoms with E-state index in [1.807, 2.05) is 6.92 Å². The molecule has 0 aromatic heterocycles. The SMILES string of the molecule is CCCO[CH][C]=O. The van der Waals surface area contributed by atoms with Crippen LogP contribution in [0.3, 0.4) is 0 Å². The molecule has 0 rings (SSSR count). The molecule has 0 aliphatic rings. The lowest BCUT2D eigenvalue weighted by atomic mass is 10.5. The average Bonchev–Trinajstić information content (AvgIpc) is 1.69. The molecule has 0 heterocycles. The third-order valence-corrected chi connectivity index (χ3v) is 0.453. The Kier molecular flexibility index (Phi) is 5.33. The third kappa shape index (κ3) is 5.63. The molecule has 0 spiro atoms. The topological polar surface area (TPSA) is 26.3 Å². The van der Waals surface area contributed by atoms with Gasteiger partial charge in [-0.15, -0.1) is 0 Å². The molecule has 0 amide bonds. The predicted molar refractivity (Wildman–Crippen MR) is 26.2 cm³/mol. The summed E-state index contributed by atoms with van der Waals surface area (Å²) in [6.07, 6.45) is 2.43. The summed E-state index contributed by atoms with van der Waals surface area (Å²) in [5, 5.41) is 0. The number of ether oxygens (including phenoxy) is 1. The fourth-order valence-electron chi connectivity index (χ4n) is 0.211. The van der Waals surface area contributed by atoms with E-state index in [1.165, 1.54) is 6.29 Å². The van der Waals surface area contributed by atoms with E-state index < -0.39 is 0 Å². The summed E-state index contributed by atoms with van der Waals surface area (Å²) in [7, 11) is 0. The summed E-state index contributed by atoms with van der Waals surface area (Å²) in [5.74, 6) is 0. The summed E-state index contributed by atoms with van der Waals surface area (Å²) in [4.78, 5) is 9.37. The minimum Gasteiger partial charge on any atom is -0.367 e. The zero-order valence-electron chi connectivity index (χ0n) is 4.31. The van der Waals surface area contributed by atoms with Crippen molar-refractivity contribution in [2.45, 2.75) is 13.3 Å². The minimum absolute atomic E-state index is 0.606. The molecule has 2 radical (unpaired) electrons. The van der Waals surface area contributed by atoms with Gasteiger partial charge in [0.25, 0.3) is 0 Å². The van der Waals surface area contributed by atoms with Gasteiger partial charge in [-0.05, 0) is 6.42 Å². The predicted octanol–water partition coefficient (Wildman–Crippen LogP) is 0.684. The van der Waals surface area contributed by atoms with Gasteiger partial charge in [0.2, 0.25) is 6.29 Å². The summed E-state index contributed by atoms with van der Waals surface area (Å²) in [5.41, 5.74) is 0. The van der Waals surface area contributed by atoms with Gasteiger partial charge in [0.15, 0.2) is 6.61 Å². The second-order valence-corrected chi connectivity index (χ2v) is 1.11. The van der Waals surface area contributed by atoms with Crippen LogP contribution in [0.1, 0.15) is 13.3 Å². The fourth-order valence-corrected chi connectivity index (χ4v) is 0.211. The highest BCUT2D eigenvalue weighted by atomic mass is 16.5. The van der Waals surface area contributed by atoms with Crippen LogP contribution < -0.4 is 0 Å². The van der Waals surface area contributed by atoms with Crippen molar-refractivity contribution in [2.75, 3.05) is 6.61 Å². The van der Waals surface area contributed by atoms with Crippen LogP contribution in [0.5, 0.6) is 0 Å². The van der Waals surface area contributed by atoms with Gasteiger partial charge < -0.3 is 4.74 Å². The largest absolute Gasteiger partial charge is 0.367 e. The quantitative estimate of drug-likeness (QED) is 0.486. The van der Waals surface area contributed by atoms with Crippen LogP contribution in [0.4, 0.5) is 0 Å². The highest BCUT2D eigenvalue weighted by Gasteiger charge is 1.80. The molecule has 2 heteroatoms. The lowest BCUT2D eigenvalue weighted by Crippen LogP contribution is -1.88. The Morgan fingerprint density at radius 2 is 2.57 bits per heavy atom. The molecular weight excluding hydrogens is 92.1 g/mol. The smallest absolute Gasteiger partial charge is 0.233 e. The van der Waals surface area contributed by atoms with Crippen molar-refractivity contribution in [3.05, 3.63) is 6.61 Å². The van der Waals surface area contributed by atoms with Gasteiger partial charge in [0.05, 0.1) is 0 Å². The van der Waals surface area contributed by atoms with Gasteiger partial charge in [-0.2, -0.15) is 0 Å². The molecule has 0 saturated heterocycles. The fraction of sp³-hybridized carbons (Fsp3) is 0.600.